The first-order valence-corrected chi connectivity index (χ1v) is 7.87. The van der Waals surface area contributed by atoms with E-state index in [1.807, 2.05) is 0 Å². The van der Waals surface area contributed by atoms with Crippen LogP contribution in [0.1, 0.15) is 46.5 Å². The van der Waals surface area contributed by atoms with Crippen LogP contribution in [0.5, 0.6) is 0 Å². The Morgan fingerprint density at radius 1 is 1.53 bits per heavy atom. The zero-order valence-electron chi connectivity index (χ0n) is 11.2. The van der Waals surface area contributed by atoms with Gasteiger partial charge in [-0.3, -0.25) is 0 Å². The summed E-state index contributed by atoms with van der Waals surface area (Å²) in [6.45, 7) is 7.06. The van der Waals surface area contributed by atoms with E-state index in [9.17, 15) is 0 Å². The fourth-order valence-electron chi connectivity index (χ4n) is 3.37. The predicted molar refractivity (Wildman–Crippen MR) is 84.2 cm³/mol. The molecular formula is C16H23I. The lowest BCUT2D eigenvalue weighted by Gasteiger charge is -2.31. The standard InChI is InChI=1S/C16H23I/c1-4-7-14(17)11-13-10-12-8-5-6-9-15(12)16(13,2)3/h6-7,9,11-12,15H,4-5,8,10H2,1-3H3/b13-11+,14-7+. The minimum absolute atomic E-state index is 0.361. The van der Waals surface area contributed by atoms with Gasteiger partial charge < -0.3 is 0 Å². The first-order valence-electron chi connectivity index (χ1n) is 6.79. The van der Waals surface area contributed by atoms with Crippen LogP contribution in [0.4, 0.5) is 0 Å². The lowest BCUT2D eigenvalue weighted by atomic mass is 9.74. The average Bonchev–Trinajstić information content (AvgIpc) is 2.52. The Kier molecular flexibility index (Phi) is 4.17. The van der Waals surface area contributed by atoms with Gasteiger partial charge in [0.2, 0.25) is 0 Å². The van der Waals surface area contributed by atoms with E-state index < -0.39 is 0 Å². The summed E-state index contributed by atoms with van der Waals surface area (Å²) in [4.78, 5) is 0. The van der Waals surface area contributed by atoms with Crippen molar-refractivity contribution < 1.29 is 0 Å². The summed E-state index contributed by atoms with van der Waals surface area (Å²) in [5, 5.41) is 0. The molecule has 17 heavy (non-hydrogen) atoms. The van der Waals surface area contributed by atoms with Crippen molar-refractivity contribution in [2.24, 2.45) is 17.3 Å². The van der Waals surface area contributed by atoms with Crippen molar-refractivity contribution in [1.82, 2.24) is 0 Å². The molecule has 2 rings (SSSR count). The van der Waals surface area contributed by atoms with Gasteiger partial charge in [-0.25, -0.2) is 0 Å². The van der Waals surface area contributed by atoms with E-state index in [-0.39, 0.29) is 0 Å². The highest BCUT2D eigenvalue weighted by molar-refractivity contribution is 14.1. The van der Waals surface area contributed by atoms with Crippen LogP contribution in [-0.4, -0.2) is 0 Å². The van der Waals surface area contributed by atoms with Crippen LogP contribution in [0.15, 0.2) is 33.5 Å². The molecule has 0 aliphatic heterocycles. The molecule has 0 aromatic heterocycles. The molecule has 1 saturated carbocycles. The van der Waals surface area contributed by atoms with E-state index in [1.165, 1.54) is 22.8 Å². The molecule has 0 aromatic carbocycles. The molecule has 0 radical (unpaired) electrons. The molecule has 2 unspecified atom stereocenters. The van der Waals surface area contributed by atoms with Crippen molar-refractivity contribution in [3.63, 3.8) is 0 Å². The molecule has 1 fully saturated rings. The highest BCUT2D eigenvalue weighted by Crippen LogP contribution is 2.54. The summed E-state index contributed by atoms with van der Waals surface area (Å²) < 4.78 is 1.41. The third kappa shape index (κ3) is 2.69. The van der Waals surface area contributed by atoms with Crippen molar-refractivity contribution >= 4 is 22.6 Å². The fraction of sp³-hybridized carbons (Fsp3) is 0.625. The van der Waals surface area contributed by atoms with Crippen LogP contribution in [0.25, 0.3) is 0 Å². The van der Waals surface area contributed by atoms with Crippen LogP contribution in [0.2, 0.25) is 0 Å². The van der Waals surface area contributed by atoms with Crippen LogP contribution >= 0.6 is 22.6 Å². The second-order valence-corrected chi connectivity index (χ2v) is 7.13. The Morgan fingerprint density at radius 3 is 2.94 bits per heavy atom. The summed E-state index contributed by atoms with van der Waals surface area (Å²) >= 11 is 2.47. The summed E-state index contributed by atoms with van der Waals surface area (Å²) in [7, 11) is 0. The molecule has 0 spiro atoms. The maximum atomic E-state index is 2.48. The first kappa shape index (κ1) is 13.4. The summed E-state index contributed by atoms with van der Waals surface area (Å²) in [5.74, 6) is 1.67. The van der Waals surface area contributed by atoms with E-state index in [0.29, 0.717) is 5.41 Å². The SMILES string of the molecule is CC/C=C(I)\C=C1/CC2CCC=CC2C1(C)C. The smallest absolute Gasteiger partial charge is 0.00896 e. The lowest BCUT2D eigenvalue weighted by molar-refractivity contribution is 0.281. The van der Waals surface area contributed by atoms with Gasteiger partial charge in [0.25, 0.3) is 0 Å². The van der Waals surface area contributed by atoms with Crippen molar-refractivity contribution in [3.8, 4) is 0 Å². The monoisotopic (exact) mass is 342 g/mol. The topological polar surface area (TPSA) is 0 Å². The average molecular weight is 342 g/mol. The van der Waals surface area contributed by atoms with Crippen LogP contribution in [0.3, 0.4) is 0 Å². The molecule has 0 saturated heterocycles. The Balaban J connectivity index is 2.26. The van der Waals surface area contributed by atoms with E-state index in [0.717, 1.165) is 18.3 Å². The van der Waals surface area contributed by atoms with Crippen molar-refractivity contribution in [2.45, 2.75) is 46.5 Å². The number of hydrogen-bond donors (Lipinski definition) is 0. The number of halogens is 1. The molecule has 0 bridgehead atoms. The van der Waals surface area contributed by atoms with Crippen LogP contribution in [0, 0.1) is 17.3 Å². The van der Waals surface area contributed by atoms with E-state index >= 15 is 0 Å². The molecule has 2 aliphatic rings. The quantitative estimate of drug-likeness (QED) is 0.449. The Bertz CT molecular complexity index is 371. The molecule has 2 atom stereocenters. The van der Waals surface area contributed by atoms with Crippen molar-refractivity contribution in [1.29, 1.82) is 0 Å². The predicted octanol–water partition coefficient (Wildman–Crippen LogP) is 5.65. The van der Waals surface area contributed by atoms with Gasteiger partial charge in [-0.15, -0.1) is 0 Å². The number of allylic oxidation sites excluding steroid dienone is 6. The van der Waals surface area contributed by atoms with Gasteiger partial charge in [-0.1, -0.05) is 44.6 Å². The zero-order valence-corrected chi connectivity index (χ0v) is 13.3. The van der Waals surface area contributed by atoms with Gasteiger partial charge in [0.1, 0.15) is 0 Å². The molecule has 1 heteroatoms. The number of fused-ring (bicyclic) bond motifs is 1. The van der Waals surface area contributed by atoms with E-state index in [1.54, 1.807) is 5.57 Å². The maximum absolute atomic E-state index is 2.48. The lowest BCUT2D eigenvalue weighted by Crippen LogP contribution is -2.22. The molecule has 0 heterocycles. The van der Waals surface area contributed by atoms with Crippen molar-refractivity contribution in [3.05, 3.63) is 33.5 Å². The molecule has 0 aromatic rings. The van der Waals surface area contributed by atoms with Gasteiger partial charge in [0, 0.05) is 3.58 Å². The Hall–Kier alpha value is -0.0500. The van der Waals surface area contributed by atoms with Crippen LogP contribution in [-0.2, 0) is 0 Å². The molecule has 0 nitrogen and oxygen atoms in total. The minimum Gasteiger partial charge on any atom is -0.0882 e. The Labute approximate surface area is 119 Å². The summed E-state index contributed by atoms with van der Waals surface area (Å²) in [5.41, 5.74) is 2.02. The summed E-state index contributed by atoms with van der Waals surface area (Å²) in [6.07, 6.45) is 14.7. The van der Waals surface area contributed by atoms with E-state index in [2.05, 4.69) is 67.7 Å². The fourth-order valence-corrected chi connectivity index (χ4v) is 4.19. The number of hydrogen-bond acceptors (Lipinski definition) is 0. The van der Waals surface area contributed by atoms with Gasteiger partial charge in [-0.2, -0.15) is 0 Å². The van der Waals surface area contributed by atoms with E-state index in [4.69, 9.17) is 0 Å². The highest BCUT2D eigenvalue weighted by atomic mass is 127. The molecule has 0 N–H and O–H groups in total. The van der Waals surface area contributed by atoms with Gasteiger partial charge >= 0.3 is 0 Å². The third-order valence-electron chi connectivity index (χ3n) is 4.41. The van der Waals surface area contributed by atoms with Crippen molar-refractivity contribution in [2.75, 3.05) is 0 Å². The molecule has 2 aliphatic carbocycles. The zero-order chi connectivity index (χ0) is 12.5. The Morgan fingerprint density at radius 2 is 2.29 bits per heavy atom. The van der Waals surface area contributed by atoms with Gasteiger partial charge in [0.15, 0.2) is 0 Å². The minimum atomic E-state index is 0.361. The normalized spacial score (nSPS) is 34.1. The van der Waals surface area contributed by atoms with Gasteiger partial charge in [0.05, 0.1) is 0 Å². The third-order valence-corrected chi connectivity index (χ3v) is 5.16. The number of rotatable bonds is 2. The molecule has 94 valence electrons. The second-order valence-electron chi connectivity index (χ2n) is 5.88. The second kappa shape index (κ2) is 5.29. The molecular weight excluding hydrogens is 319 g/mol. The molecule has 0 amide bonds. The summed E-state index contributed by atoms with van der Waals surface area (Å²) in [6, 6.07) is 0. The largest absolute Gasteiger partial charge is 0.0882 e. The highest BCUT2D eigenvalue weighted by Gasteiger charge is 2.44. The van der Waals surface area contributed by atoms with Crippen LogP contribution < -0.4 is 0 Å². The van der Waals surface area contributed by atoms with Gasteiger partial charge in [-0.05, 0) is 71.6 Å². The first-order chi connectivity index (χ1) is 8.05. The maximum Gasteiger partial charge on any atom is 0.00896 e.